The van der Waals surface area contributed by atoms with Crippen LogP contribution in [-0.4, -0.2) is 97.4 Å². The summed E-state index contributed by atoms with van der Waals surface area (Å²) in [5, 5.41) is 0.432. The standard InChI is InChI=1S/C45H42Cl8N2O10/c1-60-30-12-20(54-36(56)22-14-26-27(15-23(22)37(54)57)41(51)33(47)32(46)40(26,50)44(41,62-3)63-4)9-7-18(30)11-19-8-10-21(13-31(19)61-2)55-38(58)24-16-28-29(17-25(24)39(55)59)43(53)35(49)34(48)42(28,52)45(43,64-5)65-6/h7-10,12-13,22-29H,11,14-17H2,1-6H3. The molecule has 4 saturated carbocycles. The van der Waals surface area contributed by atoms with Crippen LogP contribution in [0.3, 0.4) is 0 Å². The van der Waals surface area contributed by atoms with Gasteiger partial charge in [0.25, 0.3) is 0 Å². The number of fused-ring (bicyclic) bond motifs is 12. The van der Waals surface area contributed by atoms with Crippen molar-refractivity contribution in [3.8, 4) is 11.5 Å². The van der Waals surface area contributed by atoms with Gasteiger partial charge in [-0.25, -0.2) is 9.80 Å². The number of alkyl halides is 4. The molecule has 348 valence electrons. The zero-order valence-electron chi connectivity index (χ0n) is 35.6. The molecule has 2 saturated heterocycles. The third kappa shape index (κ3) is 5.15. The molecule has 2 aromatic rings. The first-order chi connectivity index (χ1) is 30.8. The number of amides is 4. The summed E-state index contributed by atoms with van der Waals surface area (Å²) >= 11 is 56.5. The lowest BCUT2D eigenvalue weighted by Gasteiger charge is -2.42. The molecule has 8 aliphatic rings. The highest BCUT2D eigenvalue weighted by atomic mass is 35.5. The fraction of sp³-hybridized carbons (Fsp3) is 0.556. The van der Waals surface area contributed by atoms with E-state index in [1.165, 1.54) is 52.5 Å². The first-order valence-corrected chi connectivity index (χ1v) is 24.0. The number of rotatable bonds is 10. The van der Waals surface area contributed by atoms with Crippen molar-refractivity contribution in [1.82, 2.24) is 0 Å². The first-order valence-electron chi connectivity index (χ1n) is 20.9. The summed E-state index contributed by atoms with van der Waals surface area (Å²) in [6.45, 7) is 0. The van der Waals surface area contributed by atoms with Crippen molar-refractivity contribution in [2.75, 3.05) is 52.5 Å². The van der Waals surface area contributed by atoms with E-state index in [4.69, 9.17) is 121 Å². The zero-order valence-corrected chi connectivity index (χ0v) is 41.7. The van der Waals surface area contributed by atoms with Gasteiger partial charge >= 0.3 is 0 Å². The predicted octanol–water partition coefficient (Wildman–Crippen LogP) is 8.88. The Morgan fingerprint density at radius 3 is 0.969 bits per heavy atom. The number of hydrogen-bond donors (Lipinski definition) is 0. The smallest absolute Gasteiger partial charge is 0.237 e. The van der Waals surface area contributed by atoms with E-state index in [2.05, 4.69) is 0 Å². The number of nitrogens with zero attached hydrogens (tertiary/aromatic N) is 2. The molecule has 12 unspecified atom stereocenters. The van der Waals surface area contributed by atoms with Crippen LogP contribution in [-0.2, 0) is 44.5 Å². The van der Waals surface area contributed by atoms with Gasteiger partial charge in [-0.2, -0.15) is 0 Å². The molecular formula is C45H42Cl8N2O10. The SMILES string of the molecule is COc1cc(N2C(=O)C3CC4C(CC3C2=O)C2(Cl)C(Cl)=C(Cl)C4(Cl)C2(OC)OC)ccc1Cc1ccc(N2C(=O)C3CC4C(CC3C2=O)C2(Cl)C(Cl)=C(Cl)C4(Cl)C2(OC)OC)cc1OC. The molecule has 0 N–H and O–H groups in total. The van der Waals surface area contributed by atoms with Gasteiger partial charge in [-0.3, -0.25) is 19.2 Å². The van der Waals surface area contributed by atoms with Crippen LogP contribution >= 0.6 is 92.8 Å². The Hall–Kier alpha value is -2.04. The quantitative estimate of drug-likeness (QED) is 0.129. The van der Waals surface area contributed by atoms with Gasteiger partial charge in [0.15, 0.2) is 0 Å². The molecule has 65 heavy (non-hydrogen) atoms. The van der Waals surface area contributed by atoms with Crippen molar-refractivity contribution in [3.63, 3.8) is 0 Å². The Morgan fingerprint density at radius 1 is 0.477 bits per heavy atom. The Kier molecular flexibility index (Phi) is 10.9. The van der Waals surface area contributed by atoms with E-state index in [1.54, 1.807) is 36.4 Å². The van der Waals surface area contributed by atoms with E-state index in [9.17, 15) is 19.2 Å². The number of halogens is 8. The molecule has 4 bridgehead atoms. The van der Waals surface area contributed by atoms with Gasteiger partial charge in [0.1, 0.15) is 31.0 Å². The minimum Gasteiger partial charge on any atom is -0.496 e. The summed E-state index contributed by atoms with van der Waals surface area (Å²) in [6.07, 6.45) is 1.11. The van der Waals surface area contributed by atoms with Gasteiger partial charge in [-0.15, -0.1) is 46.4 Å². The molecule has 2 aliphatic heterocycles. The summed E-state index contributed by atoms with van der Waals surface area (Å²) in [7, 11) is 8.66. The highest BCUT2D eigenvalue weighted by Crippen LogP contribution is 2.78. The first kappa shape index (κ1) is 46.7. The second-order valence-corrected chi connectivity index (χ2v) is 22.0. The van der Waals surface area contributed by atoms with Crippen molar-refractivity contribution in [2.45, 2.75) is 63.2 Å². The number of benzene rings is 2. The fourth-order valence-electron chi connectivity index (χ4n) is 13.6. The molecule has 6 fully saturated rings. The van der Waals surface area contributed by atoms with E-state index >= 15 is 0 Å². The van der Waals surface area contributed by atoms with Crippen LogP contribution in [0.1, 0.15) is 36.8 Å². The van der Waals surface area contributed by atoms with Gasteiger partial charge in [0, 0.05) is 47.0 Å². The van der Waals surface area contributed by atoms with Crippen LogP contribution in [0.5, 0.6) is 11.5 Å². The molecule has 10 rings (SSSR count). The molecule has 12 nitrogen and oxygen atoms in total. The van der Waals surface area contributed by atoms with Crippen molar-refractivity contribution in [1.29, 1.82) is 0 Å². The van der Waals surface area contributed by atoms with Crippen LogP contribution in [0.15, 0.2) is 56.5 Å². The molecule has 6 aliphatic carbocycles. The molecule has 0 spiro atoms. The lowest BCUT2D eigenvalue weighted by atomic mass is 9.65. The molecular weight excluding hydrogens is 1010 g/mol. The highest BCUT2D eigenvalue weighted by molar-refractivity contribution is 6.53. The summed E-state index contributed by atoms with van der Waals surface area (Å²) in [5.74, 6) is -8.72. The third-order valence-electron chi connectivity index (χ3n) is 16.3. The molecule has 0 radical (unpaired) electrons. The van der Waals surface area contributed by atoms with Crippen LogP contribution in [0, 0.1) is 47.3 Å². The maximum atomic E-state index is 14.2. The summed E-state index contributed by atoms with van der Waals surface area (Å²) < 4.78 is 35.2. The van der Waals surface area contributed by atoms with Gasteiger partial charge < -0.3 is 28.4 Å². The van der Waals surface area contributed by atoms with Crippen molar-refractivity contribution in [2.24, 2.45) is 47.3 Å². The second-order valence-electron chi connectivity index (χ2n) is 18.1. The van der Waals surface area contributed by atoms with Crippen LogP contribution < -0.4 is 19.3 Å². The average Bonchev–Trinajstić information content (AvgIpc) is 3.91. The maximum Gasteiger partial charge on any atom is 0.237 e. The van der Waals surface area contributed by atoms with Gasteiger partial charge in [0.2, 0.25) is 35.2 Å². The van der Waals surface area contributed by atoms with E-state index in [-0.39, 0.29) is 75.9 Å². The number of hydrogen-bond acceptors (Lipinski definition) is 10. The maximum absolute atomic E-state index is 14.2. The van der Waals surface area contributed by atoms with Crippen molar-refractivity contribution >= 4 is 128 Å². The summed E-state index contributed by atoms with van der Waals surface area (Å²) in [4.78, 5) is 53.4. The monoisotopic (exact) mass is 1050 g/mol. The average molecular weight is 1050 g/mol. The van der Waals surface area contributed by atoms with Gasteiger partial charge in [-0.05, 0) is 72.6 Å². The Labute approximate surface area is 414 Å². The Morgan fingerprint density at radius 2 is 0.738 bits per heavy atom. The summed E-state index contributed by atoms with van der Waals surface area (Å²) in [5.41, 5.74) is 2.10. The van der Waals surface area contributed by atoms with Crippen molar-refractivity contribution < 1.29 is 47.6 Å². The predicted molar refractivity (Wildman–Crippen MR) is 245 cm³/mol. The van der Waals surface area contributed by atoms with E-state index in [0.29, 0.717) is 34.0 Å². The summed E-state index contributed by atoms with van der Waals surface area (Å²) in [6, 6.07) is 10.2. The topological polar surface area (TPSA) is 130 Å². The molecule has 2 heterocycles. The third-order valence-corrected chi connectivity index (χ3v) is 21.7. The minimum absolute atomic E-state index is 0.108. The van der Waals surface area contributed by atoms with E-state index in [1.807, 2.05) is 0 Å². The molecule has 12 atom stereocenters. The molecule has 20 heteroatoms. The zero-order chi connectivity index (χ0) is 46.9. The number of carbonyl (C=O) groups excluding carboxylic acids is 4. The Bertz CT molecular complexity index is 2290. The molecule has 2 aromatic carbocycles. The molecule has 4 amide bonds. The lowest BCUT2D eigenvalue weighted by molar-refractivity contribution is -0.220. The van der Waals surface area contributed by atoms with E-state index in [0.717, 1.165) is 0 Å². The van der Waals surface area contributed by atoms with E-state index < -0.39 is 78.4 Å². The largest absolute Gasteiger partial charge is 0.496 e. The van der Waals surface area contributed by atoms with Gasteiger partial charge in [-0.1, -0.05) is 58.5 Å². The lowest BCUT2D eigenvalue weighted by Crippen LogP contribution is -2.57. The number of anilines is 2. The second kappa shape index (κ2) is 15.2. The highest BCUT2D eigenvalue weighted by Gasteiger charge is 2.87. The van der Waals surface area contributed by atoms with Crippen LogP contribution in [0.4, 0.5) is 11.4 Å². The number of carbonyl (C=O) groups is 4. The van der Waals surface area contributed by atoms with Gasteiger partial charge in [0.05, 0.1) is 69.4 Å². The van der Waals surface area contributed by atoms with Crippen LogP contribution in [0.2, 0.25) is 0 Å². The normalized spacial score (nSPS) is 39.4. The van der Waals surface area contributed by atoms with Crippen LogP contribution in [0.25, 0.3) is 0 Å². The van der Waals surface area contributed by atoms with Crippen molar-refractivity contribution in [3.05, 3.63) is 67.7 Å². The Balaban J connectivity index is 0.883. The minimum atomic E-state index is -1.62. The fourth-order valence-corrected chi connectivity index (χ4v) is 18.1. The number of imide groups is 2. The molecule has 0 aromatic heterocycles. The number of methoxy groups -OCH3 is 6. The number of ether oxygens (including phenoxy) is 6.